The summed E-state index contributed by atoms with van der Waals surface area (Å²) in [6.45, 7) is 10.9. The van der Waals surface area contributed by atoms with E-state index in [0.29, 0.717) is 0 Å². The maximum Gasteiger partial charge on any atom is 0.0966 e. The van der Waals surface area contributed by atoms with Crippen LogP contribution < -0.4 is 0 Å². The Balaban J connectivity index is 3.36. The van der Waals surface area contributed by atoms with Gasteiger partial charge in [-0.05, 0) is 24.8 Å². The van der Waals surface area contributed by atoms with Crippen LogP contribution in [0.25, 0.3) is 0 Å². The lowest BCUT2D eigenvalue weighted by Gasteiger charge is -2.28. The van der Waals surface area contributed by atoms with Crippen LogP contribution in [0.4, 0.5) is 0 Å². The fourth-order valence-electron chi connectivity index (χ4n) is 2.03. The van der Waals surface area contributed by atoms with Gasteiger partial charge in [0.15, 0.2) is 0 Å². The smallest absolute Gasteiger partial charge is 0.0966 e. The number of unbranched alkanes of at least 4 members (excludes halogenated alkanes) is 3. The number of likely N-dealkylation sites (N-methyl/N-ethyl adjacent to an activating group) is 1. The SMILES string of the molecule is C=CC[N+](C)(C)CCCCCCC(C)CC. The van der Waals surface area contributed by atoms with E-state index in [4.69, 9.17) is 0 Å². The Morgan fingerprint density at radius 2 is 1.75 bits per heavy atom. The molecule has 0 saturated heterocycles. The first kappa shape index (κ1) is 15.7. The van der Waals surface area contributed by atoms with Gasteiger partial charge in [-0.1, -0.05) is 46.1 Å². The first-order chi connectivity index (χ1) is 7.52. The van der Waals surface area contributed by atoms with Crippen LogP contribution in [-0.4, -0.2) is 31.7 Å². The maximum atomic E-state index is 3.82. The van der Waals surface area contributed by atoms with Crippen LogP contribution in [-0.2, 0) is 0 Å². The maximum absolute atomic E-state index is 3.82. The van der Waals surface area contributed by atoms with Crippen molar-refractivity contribution in [2.24, 2.45) is 5.92 Å². The molecule has 0 aliphatic rings. The van der Waals surface area contributed by atoms with Gasteiger partial charge in [0.25, 0.3) is 0 Å². The number of hydrogen-bond donors (Lipinski definition) is 0. The molecule has 96 valence electrons. The van der Waals surface area contributed by atoms with E-state index in [2.05, 4.69) is 34.5 Å². The molecule has 0 bridgehead atoms. The standard InChI is InChI=1S/C15H32N/c1-6-13-16(4,5)14-11-9-8-10-12-15(3)7-2/h6,15H,1,7-14H2,2-5H3/q+1. The highest BCUT2D eigenvalue weighted by Crippen LogP contribution is 2.13. The highest BCUT2D eigenvalue weighted by Gasteiger charge is 2.11. The van der Waals surface area contributed by atoms with Crippen molar-refractivity contribution >= 4 is 0 Å². The average Bonchev–Trinajstić information content (AvgIpc) is 2.22. The van der Waals surface area contributed by atoms with Crippen LogP contribution >= 0.6 is 0 Å². The fourth-order valence-corrected chi connectivity index (χ4v) is 2.03. The molecule has 0 aliphatic carbocycles. The van der Waals surface area contributed by atoms with Crippen LogP contribution in [0, 0.1) is 5.92 Å². The third-order valence-corrected chi connectivity index (χ3v) is 3.53. The van der Waals surface area contributed by atoms with Gasteiger partial charge in [0.2, 0.25) is 0 Å². The molecule has 0 fully saturated rings. The molecule has 0 aromatic carbocycles. The first-order valence-electron chi connectivity index (χ1n) is 6.94. The lowest BCUT2D eigenvalue weighted by Crippen LogP contribution is -2.40. The molecule has 0 aliphatic heterocycles. The molecule has 0 radical (unpaired) electrons. The van der Waals surface area contributed by atoms with Crippen molar-refractivity contribution in [3.63, 3.8) is 0 Å². The topological polar surface area (TPSA) is 0 Å². The summed E-state index contributed by atoms with van der Waals surface area (Å²) in [5, 5.41) is 0. The minimum atomic E-state index is 0.924. The average molecular weight is 226 g/mol. The fraction of sp³-hybridized carbons (Fsp3) is 0.867. The van der Waals surface area contributed by atoms with E-state index >= 15 is 0 Å². The lowest BCUT2D eigenvalue weighted by atomic mass is 10.0. The Labute approximate surface area is 103 Å². The molecule has 0 aromatic rings. The number of nitrogens with zero attached hydrogens (tertiary/aromatic N) is 1. The van der Waals surface area contributed by atoms with Crippen molar-refractivity contribution in [2.45, 2.75) is 52.4 Å². The quantitative estimate of drug-likeness (QED) is 0.297. The van der Waals surface area contributed by atoms with Gasteiger partial charge in [0.05, 0.1) is 27.2 Å². The summed E-state index contributed by atoms with van der Waals surface area (Å²) in [4.78, 5) is 0. The molecular formula is C15H32N+. The van der Waals surface area contributed by atoms with E-state index in [-0.39, 0.29) is 0 Å². The molecule has 1 heteroatoms. The molecule has 1 nitrogen and oxygen atoms in total. The summed E-state index contributed by atoms with van der Waals surface area (Å²) < 4.78 is 1.09. The van der Waals surface area contributed by atoms with Gasteiger partial charge in [-0.3, -0.25) is 0 Å². The summed E-state index contributed by atoms with van der Waals surface area (Å²) in [5.41, 5.74) is 0. The van der Waals surface area contributed by atoms with Gasteiger partial charge >= 0.3 is 0 Å². The Hall–Kier alpha value is -0.300. The predicted octanol–water partition coefficient (Wildman–Crippen LogP) is 4.25. The van der Waals surface area contributed by atoms with Gasteiger partial charge in [0, 0.05) is 0 Å². The van der Waals surface area contributed by atoms with E-state index in [1.807, 2.05) is 6.08 Å². The van der Waals surface area contributed by atoms with E-state index < -0.39 is 0 Å². The van der Waals surface area contributed by atoms with Crippen LogP contribution in [0.15, 0.2) is 12.7 Å². The lowest BCUT2D eigenvalue weighted by molar-refractivity contribution is -0.884. The summed E-state index contributed by atoms with van der Waals surface area (Å²) in [6, 6.07) is 0. The highest BCUT2D eigenvalue weighted by atomic mass is 15.3. The molecule has 1 atom stereocenters. The molecule has 0 spiro atoms. The molecular weight excluding hydrogens is 194 g/mol. The minimum absolute atomic E-state index is 0.924. The van der Waals surface area contributed by atoms with E-state index in [9.17, 15) is 0 Å². The third kappa shape index (κ3) is 8.96. The Bertz CT molecular complexity index is 172. The molecule has 0 saturated carbocycles. The molecule has 0 heterocycles. The van der Waals surface area contributed by atoms with Crippen molar-refractivity contribution in [1.29, 1.82) is 0 Å². The Morgan fingerprint density at radius 3 is 2.31 bits per heavy atom. The van der Waals surface area contributed by atoms with Crippen LogP contribution in [0.5, 0.6) is 0 Å². The van der Waals surface area contributed by atoms with Gasteiger partial charge in [-0.25, -0.2) is 0 Å². The van der Waals surface area contributed by atoms with Gasteiger partial charge < -0.3 is 4.48 Å². The van der Waals surface area contributed by atoms with Crippen molar-refractivity contribution < 1.29 is 4.48 Å². The number of quaternary nitrogens is 1. The first-order valence-corrected chi connectivity index (χ1v) is 6.94. The number of rotatable bonds is 10. The minimum Gasteiger partial charge on any atom is -0.325 e. The predicted molar refractivity (Wildman–Crippen MR) is 74.6 cm³/mol. The zero-order chi connectivity index (χ0) is 12.4. The summed E-state index contributed by atoms with van der Waals surface area (Å²) >= 11 is 0. The second-order valence-electron chi connectivity index (χ2n) is 5.85. The van der Waals surface area contributed by atoms with Crippen molar-refractivity contribution in [2.75, 3.05) is 27.2 Å². The molecule has 16 heavy (non-hydrogen) atoms. The summed E-state index contributed by atoms with van der Waals surface area (Å²) in [7, 11) is 4.58. The molecule has 0 aromatic heterocycles. The van der Waals surface area contributed by atoms with Crippen molar-refractivity contribution in [3.8, 4) is 0 Å². The zero-order valence-electron chi connectivity index (χ0n) is 12.0. The van der Waals surface area contributed by atoms with Crippen molar-refractivity contribution in [3.05, 3.63) is 12.7 Å². The van der Waals surface area contributed by atoms with Crippen LogP contribution in [0.2, 0.25) is 0 Å². The Kier molecular flexibility index (Phi) is 8.64. The van der Waals surface area contributed by atoms with Gasteiger partial charge in [0.1, 0.15) is 0 Å². The molecule has 1 unspecified atom stereocenters. The van der Waals surface area contributed by atoms with Gasteiger partial charge in [-0.15, -0.1) is 0 Å². The third-order valence-electron chi connectivity index (χ3n) is 3.53. The van der Waals surface area contributed by atoms with Crippen LogP contribution in [0.1, 0.15) is 52.4 Å². The zero-order valence-corrected chi connectivity index (χ0v) is 12.0. The van der Waals surface area contributed by atoms with E-state index in [0.717, 1.165) is 16.9 Å². The van der Waals surface area contributed by atoms with E-state index in [1.165, 1.54) is 45.1 Å². The van der Waals surface area contributed by atoms with Gasteiger partial charge in [-0.2, -0.15) is 0 Å². The number of hydrogen-bond acceptors (Lipinski definition) is 0. The monoisotopic (exact) mass is 226 g/mol. The second kappa shape index (κ2) is 8.81. The molecule has 0 rings (SSSR count). The summed E-state index contributed by atoms with van der Waals surface area (Å²) in [6.07, 6.45) is 10.4. The van der Waals surface area contributed by atoms with Crippen molar-refractivity contribution in [1.82, 2.24) is 0 Å². The Morgan fingerprint density at radius 1 is 1.12 bits per heavy atom. The van der Waals surface area contributed by atoms with Crippen LogP contribution in [0.3, 0.4) is 0 Å². The second-order valence-corrected chi connectivity index (χ2v) is 5.85. The molecule has 0 N–H and O–H groups in total. The van der Waals surface area contributed by atoms with E-state index in [1.54, 1.807) is 0 Å². The summed E-state index contributed by atoms with van der Waals surface area (Å²) in [5.74, 6) is 0.924. The molecule has 0 amide bonds. The highest BCUT2D eigenvalue weighted by molar-refractivity contribution is 4.64. The largest absolute Gasteiger partial charge is 0.325 e. The normalized spacial score (nSPS) is 13.8.